The number of aromatic nitrogens is 1. The van der Waals surface area contributed by atoms with E-state index < -0.39 is 35.2 Å². The molecule has 2 aliphatic rings. The maximum atomic E-state index is 12.4. The third-order valence-electron chi connectivity index (χ3n) is 3.70. The van der Waals surface area contributed by atoms with Crippen molar-refractivity contribution in [1.82, 2.24) is 9.88 Å². The number of esters is 1. The van der Waals surface area contributed by atoms with E-state index in [0.29, 0.717) is 11.3 Å². The Morgan fingerprint density at radius 1 is 1.38 bits per heavy atom. The highest BCUT2D eigenvalue weighted by Crippen LogP contribution is 2.41. The largest absolute Gasteiger partial charge is 0.477 e. The van der Waals surface area contributed by atoms with Crippen molar-refractivity contribution in [3.8, 4) is 0 Å². The number of aromatic carboxylic acids is 1. The van der Waals surface area contributed by atoms with E-state index >= 15 is 0 Å². The van der Waals surface area contributed by atoms with Crippen LogP contribution in [0.4, 0.5) is 5.13 Å². The Morgan fingerprint density at radius 2 is 2.12 bits per heavy atom. The molecule has 0 aromatic carbocycles. The van der Waals surface area contributed by atoms with Crippen LogP contribution in [-0.2, 0) is 19.1 Å². The Labute approximate surface area is 154 Å². The van der Waals surface area contributed by atoms with E-state index in [0.717, 1.165) is 16.2 Å². The second kappa shape index (κ2) is 6.96. The van der Waals surface area contributed by atoms with Crippen molar-refractivity contribution in [2.45, 2.75) is 18.3 Å². The number of thiazole rings is 1. The molecule has 2 aliphatic heterocycles. The van der Waals surface area contributed by atoms with Crippen molar-refractivity contribution in [1.29, 1.82) is 0 Å². The standard InChI is InChI=1S/C14H13N3O7S2/c1-5(18)24-2-6-3-25-11-8(10(19)17(11)9(6)13(22)23)16-14-15-7(4-26-14)12(20)21/h4,8,11H,2-3H2,1H3,(H,15,16)(H,20,21)(H,22,23)/t8?,11-/m1/s1. The van der Waals surface area contributed by atoms with Crippen LogP contribution >= 0.6 is 23.1 Å². The first-order chi connectivity index (χ1) is 12.3. The number of nitrogens with zero attached hydrogens (tertiary/aromatic N) is 2. The highest BCUT2D eigenvalue weighted by molar-refractivity contribution is 8.00. The maximum absolute atomic E-state index is 12.4. The van der Waals surface area contributed by atoms with Crippen molar-refractivity contribution in [3.63, 3.8) is 0 Å². The van der Waals surface area contributed by atoms with E-state index in [1.807, 2.05) is 0 Å². The number of fused-ring (bicyclic) bond motifs is 1. The van der Waals surface area contributed by atoms with E-state index in [-0.39, 0.29) is 23.1 Å². The SMILES string of the molecule is CC(=O)OCC1=C(C(=O)O)N2C(=O)C(Nc3nc(C(=O)O)cs3)[C@H]2SC1. The number of hydrogen-bond donors (Lipinski definition) is 3. The van der Waals surface area contributed by atoms with Crippen molar-refractivity contribution < 1.29 is 34.1 Å². The Bertz CT molecular complexity index is 834. The Kier molecular flexibility index (Phi) is 4.87. The molecule has 1 aromatic rings. The van der Waals surface area contributed by atoms with Gasteiger partial charge in [-0.25, -0.2) is 14.6 Å². The van der Waals surface area contributed by atoms with Crippen LogP contribution in [0.5, 0.6) is 0 Å². The van der Waals surface area contributed by atoms with Crippen LogP contribution in [-0.4, -0.2) is 67.7 Å². The molecule has 26 heavy (non-hydrogen) atoms. The molecule has 10 nitrogen and oxygen atoms in total. The number of amides is 1. The van der Waals surface area contributed by atoms with Gasteiger partial charge in [0.05, 0.1) is 0 Å². The molecule has 3 N–H and O–H groups in total. The van der Waals surface area contributed by atoms with E-state index in [1.54, 1.807) is 0 Å². The number of aliphatic carboxylic acids is 1. The molecule has 1 unspecified atom stereocenters. The molecule has 12 heteroatoms. The number of carboxylic acids is 2. The first-order valence-corrected chi connectivity index (χ1v) is 9.21. The van der Waals surface area contributed by atoms with Crippen molar-refractivity contribution in [2.24, 2.45) is 0 Å². The normalized spacial score (nSPS) is 21.7. The van der Waals surface area contributed by atoms with E-state index in [9.17, 15) is 24.3 Å². The third kappa shape index (κ3) is 3.24. The molecule has 3 rings (SSSR count). The van der Waals surface area contributed by atoms with Gasteiger partial charge in [0.2, 0.25) is 0 Å². The Balaban J connectivity index is 1.77. The summed E-state index contributed by atoms with van der Waals surface area (Å²) in [5.74, 6) is -3.16. The average molecular weight is 399 g/mol. The number of rotatable bonds is 6. The summed E-state index contributed by atoms with van der Waals surface area (Å²) in [6.45, 7) is 1.03. The number of thioether (sulfide) groups is 1. The summed E-state index contributed by atoms with van der Waals surface area (Å²) in [5, 5.41) is 22.4. The van der Waals surface area contributed by atoms with Gasteiger partial charge in [-0.2, -0.15) is 0 Å². The number of ether oxygens (including phenoxy) is 1. The molecule has 0 aliphatic carbocycles. The summed E-state index contributed by atoms with van der Waals surface area (Å²) in [6.07, 6.45) is 0. The second-order valence-electron chi connectivity index (χ2n) is 5.41. The molecule has 138 valence electrons. The summed E-state index contributed by atoms with van der Waals surface area (Å²) in [7, 11) is 0. The zero-order valence-electron chi connectivity index (χ0n) is 13.3. The lowest BCUT2D eigenvalue weighted by molar-refractivity contribution is -0.147. The monoisotopic (exact) mass is 399 g/mol. The lowest BCUT2D eigenvalue weighted by atomic mass is 10.0. The van der Waals surface area contributed by atoms with Crippen LogP contribution in [0, 0.1) is 0 Å². The van der Waals surface area contributed by atoms with Gasteiger partial charge < -0.3 is 20.3 Å². The summed E-state index contributed by atoms with van der Waals surface area (Å²) >= 11 is 2.38. The quantitative estimate of drug-likeness (QED) is 0.455. The zero-order valence-corrected chi connectivity index (χ0v) is 14.9. The highest BCUT2D eigenvalue weighted by atomic mass is 32.2. The molecular formula is C14H13N3O7S2. The molecule has 3 heterocycles. The molecule has 0 spiro atoms. The minimum atomic E-state index is -1.27. The number of hydrogen-bond acceptors (Lipinski definition) is 9. The minimum Gasteiger partial charge on any atom is -0.477 e. The van der Waals surface area contributed by atoms with Gasteiger partial charge in [0.15, 0.2) is 10.8 Å². The summed E-state index contributed by atoms with van der Waals surface area (Å²) < 4.78 is 4.86. The lowest BCUT2D eigenvalue weighted by Crippen LogP contribution is -2.67. The number of nitrogens with one attached hydrogen (secondary N) is 1. The van der Waals surface area contributed by atoms with Crippen LogP contribution in [0.3, 0.4) is 0 Å². The third-order valence-corrected chi connectivity index (χ3v) is 5.81. The van der Waals surface area contributed by atoms with Crippen LogP contribution in [0.25, 0.3) is 0 Å². The molecule has 0 saturated carbocycles. The maximum Gasteiger partial charge on any atom is 0.355 e. The van der Waals surface area contributed by atoms with Gasteiger partial charge in [0.25, 0.3) is 5.91 Å². The number of β-lactam (4-membered cyclic amide) rings is 1. The fourth-order valence-electron chi connectivity index (χ4n) is 2.55. The van der Waals surface area contributed by atoms with Gasteiger partial charge in [0.1, 0.15) is 23.7 Å². The smallest absolute Gasteiger partial charge is 0.355 e. The van der Waals surface area contributed by atoms with Gasteiger partial charge in [-0.15, -0.1) is 23.1 Å². The summed E-state index contributed by atoms with van der Waals surface area (Å²) in [5.41, 5.74) is 0.0405. The molecular weight excluding hydrogens is 386 g/mol. The van der Waals surface area contributed by atoms with E-state index in [4.69, 9.17) is 9.84 Å². The Hall–Kier alpha value is -2.60. The van der Waals surface area contributed by atoms with Gasteiger partial charge in [-0.1, -0.05) is 0 Å². The number of carbonyl (C=O) groups excluding carboxylic acids is 2. The number of carboxylic acid groups (broad SMARTS) is 2. The fraction of sp³-hybridized carbons (Fsp3) is 0.357. The Morgan fingerprint density at radius 3 is 2.69 bits per heavy atom. The molecule has 1 saturated heterocycles. The minimum absolute atomic E-state index is 0.132. The van der Waals surface area contributed by atoms with Crippen molar-refractivity contribution >= 4 is 52.0 Å². The molecule has 2 atom stereocenters. The van der Waals surface area contributed by atoms with Crippen LogP contribution in [0.1, 0.15) is 17.4 Å². The van der Waals surface area contributed by atoms with Crippen molar-refractivity contribution in [2.75, 3.05) is 17.7 Å². The molecule has 1 fully saturated rings. The van der Waals surface area contributed by atoms with Gasteiger partial charge in [-0.3, -0.25) is 14.5 Å². The molecule has 1 aromatic heterocycles. The summed E-state index contributed by atoms with van der Waals surface area (Å²) in [4.78, 5) is 50.9. The van der Waals surface area contributed by atoms with E-state index in [2.05, 4.69) is 10.3 Å². The average Bonchev–Trinajstić information content (AvgIpc) is 3.05. The molecule has 0 bridgehead atoms. The predicted octanol–water partition coefficient (Wildman–Crippen LogP) is 0.439. The molecule has 1 amide bonds. The second-order valence-corrected chi connectivity index (χ2v) is 7.38. The number of carbonyl (C=O) groups is 4. The zero-order chi connectivity index (χ0) is 19.0. The topological polar surface area (TPSA) is 146 Å². The fourth-order valence-corrected chi connectivity index (χ4v) is 4.60. The molecule has 0 radical (unpaired) electrons. The summed E-state index contributed by atoms with van der Waals surface area (Å²) in [6, 6.07) is -0.711. The van der Waals surface area contributed by atoms with Gasteiger partial charge in [0, 0.05) is 23.6 Å². The van der Waals surface area contributed by atoms with Crippen LogP contribution in [0.15, 0.2) is 16.7 Å². The lowest BCUT2D eigenvalue weighted by Gasteiger charge is -2.49. The predicted molar refractivity (Wildman–Crippen MR) is 90.9 cm³/mol. The first-order valence-electron chi connectivity index (χ1n) is 7.28. The van der Waals surface area contributed by atoms with Crippen LogP contribution in [0.2, 0.25) is 0 Å². The van der Waals surface area contributed by atoms with E-state index in [1.165, 1.54) is 24.1 Å². The van der Waals surface area contributed by atoms with Crippen molar-refractivity contribution in [3.05, 3.63) is 22.3 Å². The van der Waals surface area contributed by atoms with Gasteiger partial charge in [-0.05, 0) is 0 Å². The first kappa shape index (κ1) is 18.2. The number of anilines is 1. The van der Waals surface area contributed by atoms with Gasteiger partial charge >= 0.3 is 17.9 Å². The van der Waals surface area contributed by atoms with Crippen LogP contribution < -0.4 is 5.32 Å². The highest BCUT2D eigenvalue weighted by Gasteiger charge is 2.54.